The number of hydrogen-bond acceptors (Lipinski definition) is 4. The Kier molecular flexibility index (Phi) is 4.73. The summed E-state index contributed by atoms with van der Waals surface area (Å²) in [6.45, 7) is 4.57. The number of anilines is 2. The molecule has 1 aliphatic rings. The SMILES string of the molecule is CC1(C)c2ccccc2-c2ccc(Nc3nc(-c4ccccc4)nc(-c4ccccc4)n3)cc21. The maximum atomic E-state index is 4.76. The van der Waals surface area contributed by atoms with Crippen molar-refractivity contribution in [3.63, 3.8) is 0 Å². The summed E-state index contributed by atoms with van der Waals surface area (Å²) in [7, 11) is 0. The van der Waals surface area contributed by atoms with Crippen LogP contribution >= 0.6 is 0 Å². The maximum absolute atomic E-state index is 4.76. The molecule has 0 amide bonds. The molecule has 34 heavy (non-hydrogen) atoms. The zero-order valence-corrected chi connectivity index (χ0v) is 19.2. The van der Waals surface area contributed by atoms with Crippen molar-refractivity contribution in [2.45, 2.75) is 19.3 Å². The number of rotatable bonds is 4. The molecule has 6 rings (SSSR count). The number of hydrogen-bond donors (Lipinski definition) is 1. The second-order valence-electron chi connectivity index (χ2n) is 9.09. The van der Waals surface area contributed by atoms with Crippen LogP contribution < -0.4 is 5.32 Å². The number of nitrogens with one attached hydrogen (secondary N) is 1. The molecule has 0 fully saturated rings. The van der Waals surface area contributed by atoms with Gasteiger partial charge < -0.3 is 5.32 Å². The van der Waals surface area contributed by atoms with Gasteiger partial charge in [-0.25, -0.2) is 4.98 Å². The predicted octanol–water partition coefficient (Wildman–Crippen LogP) is 7.26. The first-order valence-electron chi connectivity index (χ1n) is 11.5. The van der Waals surface area contributed by atoms with Crippen molar-refractivity contribution in [2.75, 3.05) is 5.32 Å². The summed E-state index contributed by atoms with van der Waals surface area (Å²) >= 11 is 0. The predicted molar refractivity (Wildman–Crippen MR) is 138 cm³/mol. The molecule has 0 atom stereocenters. The van der Waals surface area contributed by atoms with E-state index in [1.54, 1.807) is 0 Å². The van der Waals surface area contributed by atoms with Crippen molar-refractivity contribution >= 4 is 11.6 Å². The second kappa shape index (κ2) is 7.92. The van der Waals surface area contributed by atoms with Crippen LogP contribution in [0.3, 0.4) is 0 Å². The van der Waals surface area contributed by atoms with Gasteiger partial charge in [0.25, 0.3) is 0 Å². The largest absolute Gasteiger partial charge is 0.324 e. The van der Waals surface area contributed by atoms with Gasteiger partial charge in [-0.1, -0.05) is 105 Å². The average Bonchev–Trinajstić information content (AvgIpc) is 3.11. The summed E-state index contributed by atoms with van der Waals surface area (Å²) in [4.78, 5) is 14.3. The van der Waals surface area contributed by atoms with E-state index in [1.165, 1.54) is 22.3 Å². The summed E-state index contributed by atoms with van der Waals surface area (Å²) in [5.41, 5.74) is 8.07. The minimum atomic E-state index is -0.0624. The van der Waals surface area contributed by atoms with Gasteiger partial charge in [-0.2, -0.15) is 9.97 Å². The minimum Gasteiger partial charge on any atom is -0.324 e. The third kappa shape index (κ3) is 3.44. The van der Waals surface area contributed by atoms with Crippen LogP contribution in [0, 0.1) is 0 Å². The van der Waals surface area contributed by atoms with Gasteiger partial charge >= 0.3 is 0 Å². The van der Waals surface area contributed by atoms with Crippen LogP contribution in [0.15, 0.2) is 103 Å². The second-order valence-corrected chi connectivity index (χ2v) is 9.09. The number of nitrogens with zero attached hydrogens (tertiary/aromatic N) is 3. The molecule has 1 N–H and O–H groups in total. The first-order valence-corrected chi connectivity index (χ1v) is 11.5. The third-order valence-corrected chi connectivity index (χ3v) is 6.54. The summed E-state index contributed by atoms with van der Waals surface area (Å²) in [5, 5.41) is 3.46. The fourth-order valence-electron chi connectivity index (χ4n) is 4.78. The summed E-state index contributed by atoms with van der Waals surface area (Å²) in [6.07, 6.45) is 0. The molecule has 4 heteroatoms. The van der Waals surface area contributed by atoms with Gasteiger partial charge in [-0.3, -0.25) is 0 Å². The smallest absolute Gasteiger partial charge is 0.231 e. The van der Waals surface area contributed by atoms with Crippen molar-refractivity contribution in [1.29, 1.82) is 0 Å². The first-order chi connectivity index (χ1) is 16.6. The monoisotopic (exact) mass is 440 g/mol. The van der Waals surface area contributed by atoms with Crippen molar-refractivity contribution in [3.05, 3.63) is 114 Å². The molecule has 0 aliphatic heterocycles. The molecule has 1 aromatic heterocycles. The van der Waals surface area contributed by atoms with E-state index in [0.717, 1.165) is 16.8 Å². The quantitative estimate of drug-likeness (QED) is 0.320. The van der Waals surface area contributed by atoms with Gasteiger partial charge in [0.2, 0.25) is 5.95 Å². The molecule has 0 saturated carbocycles. The van der Waals surface area contributed by atoms with Gasteiger partial charge in [0, 0.05) is 22.2 Å². The summed E-state index contributed by atoms with van der Waals surface area (Å²) in [5.74, 6) is 1.82. The Morgan fingerprint density at radius 2 is 1.12 bits per heavy atom. The topological polar surface area (TPSA) is 50.7 Å². The highest BCUT2D eigenvalue weighted by Crippen LogP contribution is 2.49. The zero-order chi connectivity index (χ0) is 23.1. The van der Waals surface area contributed by atoms with Crippen LogP contribution in [0.5, 0.6) is 0 Å². The van der Waals surface area contributed by atoms with Crippen molar-refractivity contribution in [2.24, 2.45) is 0 Å². The van der Waals surface area contributed by atoms with E-state index >= 15 is 0 Å². The molecule has 0 saturated heterocycles. The Hall–Kier alpha value is -4.31. The van der Waals surface area contributed by atoms with Gasteiger partial charge in [0.1, 0.15) is 0 Å². The lowest BCUT2D eigenvalue weighted by Gasteiger charge is -2.22. The molecule has 5 aromatic rings. The van der Waals surface area contributed by atoms with Crippen LogP contribution in [-0.2, 0) is 5.41 Å². The highest BCUT2D eigenvalue weighted by molar-refractivity contribution is 5.82. The van der Waals surface area contributed by atoms with Gasteiger partial charge in [-0.15, -0.1) is 0 Å². The average molecular weight is 441 g/mol. The third-order valence-electron chi connectivity index (χ3n) is 6.54. The Morgan fingerprint density at radius 1 is 0.559 bits per heavy atom. The fourth-order valence-corrected chi connectivity index (χ4v) is 4.78. The summed E-state index contributed by atoms with van der Waals surface area (Å²) < 4.78 is 0. The molecule has 4 aromatic carbocycles. The van der Waals surface area contributed by atoms with Crippen molar-refractivity contribution in [3.8, 4) is 33.9 Å². The van der Waals surface area contributed by atoms with Gasteiger partial charge in [-0.05, 0) is 34.4 Å². The van der Waals surface area contributed by atoms with Crippen LogP contribution in [0.4, 0.5) is 11.6 Å². The standard InChI is InChI=1S/C30H24N4/c1-30(2)25-16-10-9-15-23(25)24-18-17-22(19-26(24)30)31-29-33-27(20-11-5-3-6-12-20)32-28(34-29)21-13-7-4-8-14-21/h3-19H,1-2H3,(H,31,32,33,34). The molecule has 4 nitrogen and oxygen atoms in total. The van der Waals surface area contributed by atoms with E-state index in [4.69, 9.17) is 15.0 Å². The van der Waals surface area contributed by atoms with Gasteiger partial charge in [0.05, 0.1) is 0 Å². The van der Waals surface area contributed by atoms with E-state index in [1.807, 2.05) is 60.7 Å². The molecule has 1 aliphatic carbocycles. The lowest BCUT2D eigenvalue weighted by Crippen LogP contribution is -2.15. The van der Waals surface area contributed by atoms with Gasteiger partial charge in [0.15, 0.2) is 11.6 Å². The maximum Gasteiger partial charge on any atom is 0.231 e. The van der Waals surface area contributed by atoms with E-state index < -0.39 is 0 Å². The minimum absolute atomic E-state index is 0.0624. The number of aromatic nitrogens is 3. The summed E-state index contributed by atoms with van der Waals surface area (Å²) in [6, 6.07) is 35.2. The number of fused-ring (bicyclic) bond motifs is 3. The van der Waals surface area contributed by atoms with Crippen molar-refractivity contribution in [1.82, 2.24) is 15.0 Å². The molecular weight excluding hydrogens is 416 g/mol. The van der Waals surface area contributed by atoms with Crippen LogP contribution in [0.1, 0.15) is 25.0 Å². The van der Waals surface area contributed by atoms with Crippen LogP contribution in [0.2, 0.25) is 0 Å². The Balaban J connectivity index is 1.42. The highest BCUT2D eigenvalue weighted by atomic mass is 15.2. The highest BCUT2D eigenvalue weighted by Gasteiger charge is 2.35. The van der Waals surface area contributed by atoms with E-state index in [2.05, 4.69) is 61.6 Å². The fraction of sp³-hybridized carbons (Fsp3) is 0.100. The van der Waals surface area contributed by atoms with E-state index in [-0.39, 0.29) is 5.41 Å². The van der Waals surface area contributed by atoms with Crippen LogP contribution in [-0.4, -0.2) is 15.0 Å². The zero-order valence-electron chi connectivity index (χ0n) is 19.2. The molecule has 0 unspecified atom stereocenters. The Morgan fingerprint density at radius 3 is 1.76 bits per heavy atom. The lowest BCUT2D eigenvalue weighted by atomic mass is 9.82. The van der Waals surface area contributed by atoms with E-state index in [9.17, 15) is 0 Å². The Bertz CT molecular complexity index is 1430. The molecule has 0 radical (unpaired) electrons. The molecule has 164 valence electrons. The normalized spacial score (nSPS) is 13.2. The first kappa shape index (κ1) is 20.3. The Labute approximate surface area is 199 Å². The molecule has 0 bridgehead atoms. The van der Waals surface area contributed by atoms with Crippen molar-refractivity contribution < 1.29 is 0 Å². The van der Waals surface area contributed by atoms with E-state index in [0.29, 0.717) is 17.6 Å². The molecule has 0 spiro atoms. The molecule has 1 heterocycles. The molecular formula is C30H24N4. The number of benzene rings is 4. The van der Waals surface area contributed by atoms with Crippen LogP contribution in [0.25, 0.3) is 33.9 Å². The lowest BCUT2D eigenvalue weighted by molar-refractivity contribution is 0.660.